The summed E-state index contributed by atoms with van der Waals surface area (Å²) in [5.74, 6) is 0.437. The van der Waals surface area contributed by atoms with Gasteiger partial charge in [0.25, 0.3) is 0 Å². The first-order chi connectivity index (χ1) is 15.3. The zero-order chi connectivity index (χ0) is 24.2. The lowest BCUT2D eigenvalue weighted by Crippen LogP contribution is -2.44. The molecule has 0 saturated carbocycles. The van der Waals surface area contributed by atoms with Crippen LogP contribution >= 0.6 is 7.92 Å². The molecule has 0 aliphatic carbocycles. The lowest BCUT2D eigenvalue weighted by Gasteiger charge is -2.45. The molecule has 2 atom stereocenters. The number of aryl methyl sites for hydroxylation is 2. The Kier molecular flexibility index (Phi) is 5.98. The van der Waals surface area contributed by atoms with Gasteiger partial charge in [-0.25, -0.2) is 0 Å². The molecule has 4 rings (SSSR count). The molecule has 1 N–H and O–H groups in total. The fraction of sp³-hybridized carbons (Fsp3) is 0.433. The predicted molar refractivity (Wildman–Crippen MR) is 146 cm³/mol. The molecule has 1 saturated heterocycles. The van der Waals surface area contributed by atoms with Crippen molar-refractivity contribution < 1.29 is 5.11 Å². The Morgan fingerprint density at radius 3 is 2.18 bits per heavy atom. The van der Waals surface area contributed by atoms with Crippen molar-refractivity contribution in [3.05, 3.63) is 71.3 Å². The summed E-state index contributed by atoms with van der Waals surface area (Å²) in [5.41, 5.74) is 5.10. The van der Waals surface area contributed by atoms with Crippen molar-refractivity contribution in [2.24, 2.45) is 10.4 Å². The Hall–Kier alpha value is -2.18. The summed E-state index contributed by atoms with van der Waals surface area (Å²) >= 11 is 0. The zero-order valence-electron chi connectivity index (χ0n) is 21.5. The van der Waals surface area contributed by atoms with Gasteiger partial charge in [0.15, 0.2) is 0 Å². The van der Waals surface area contributed by atoms with Gasteiger partial charge >= 0.3 is 0 Å². The number of benzene rings is 3. The highest BCUT2D eigenvalue weighted by atomic mass is 31.1. The van der Waals surface area contributed by atoms with Crippen molar-refractivity contribution in [3.8, 4) is 5.75 Å². The van der Waals surface area contributed by atoms with E-state index in [1.54, 1.807) is 0 Å². The highest BCUT2D eigenvalue weighted by Gasteiger charge is 2.57. The number of phenols is 1. The number of rotatable bonds is 2. The fourth-order valence-electron chi connectivity index (χ4n) is 5.56. The molecule has 2 unspecified atom stereocenters. The summed E-state index contributed by atoms with van der Waals surface area (Å²) in [5, 5.41) is 14.0. The molecule has 1 aliphatic heterocycles. The maximum Gasteiger partial charge on any atom is 0.122 e. The third-order valence-electron chi connectivity index (χ3n) is 7.31. The van der Waals surface area contributed by atoms with Crippen LogP contribution in [0.3, 0.4) is 0 Å². The van der Waals surface area contributed by atoms with Gasteiger partial charge in [-0.3, -0.25) is 4.99 Å². The van der Waals surface area contributed by atoms with Gasteiger partial charge in [-0.15, -0.1) is 0 Å². The largest absolute Gasteiger partial charge is 0.507 e. The second-order valence-corrected chi connectivity index (χ2v) is 14.7. The molecule has 0 amide bonds. The van der Waals surface area contributed by atoms with Crippen LogP contribution in [0.25, 0.3) is 10.8 Å². The third-order valence-corrected chi connectivity index (χ3v) is 10.6. The summed E-state index contributed by atoms with van der Waals surface area (Å²) in [6.45, 7) is 18.2. The van der Waals surface area contributed by atoms with E-state index in [1.165, 1.54) is 21.8 Å². The van der Waals surface area contributed by atoms with Gasteiger partial charge < -0.3 is 5.11 Å². The monoisotopic (exact) mass is 459 g/mol. The van der Waals surface area contributed by atoms with Gasteiger partial charge in [-0.1, -0.05) is 97.5 Å². The molecule has 0 aromatic heterocycles. The van der Waals surface area contributed by atoms with E-state index in [1.807, 2.05) is 6.92 Å². The number of phenolic OH excluding ortho intramolecular Hbond substituents is 1. The lowest BCUT2D eigenvalue weighted by atomic mass is 9.61. The first-order valence-electron chi connectivity index (χ1n) is 12.0. The highest BCUT2D eigenvalue weighted by Crippen LogP contribution is 2.68. The van der Waals surface area contributed by atoms with E-state index in [2.05, 4.69) is 103 Å². The Morgan fingerprint density at radius 1 is 0.879 bits per heavy atom. The van der Waals surface area contributed by atoms with Gasteiger partial charge in [0, 0.05) is 11.0 Å². The second-order valence-electron chi connectivity index (χ2n) is 11.7. The van der Waals surface area contributed by atoms with Crippen molar-refractivity contribution in [2.45, 2.75) is 72.4 Å². The summed E-state index contributed by atoms with van der Waals surface area (Å²) in [4.78, 5) is 5.49. The molecule has 33 heavy (non-hydrogen) atoms. The van der Waals surface area contributed by atoms with Crippen LogP contribution in [-0.2, 0) is 5.41 Å². The molecule has 1 heterocycles. The minimum atomic E-state index is -0.485. The molecule has 0 spiro atoms. The van der Waals surface area contributed by atoms with Crippen LogP contribution in [-0.4, -0.2) is 21.9 Å². The maximum atomic E-state index is 11.4. The smallest absolute Gasteiger partial charge is 0.122 e. The summed E-state index contributed by atoms with van der Waals surface area (Å²) in [6.07, 6.45) is 2.15. The van der Waals surface area contributed by atoms with E-state index in [9.17, 15) is 5.11 Å². The Balaban J connectivity index is 2.03. The van der Waals surface area contributed by atoms with E-state index in [-0.39, 0.29) is 16.0 Å². The molecule has 0 radical (unpaired) electrons. The van der Waals surface area contributed by atoms with Crippen LogP contribution in [0.5, 0.6) is 5.75 Å². The molecule has 174 valence electrons. The van der Waals surface area contributed by atoms with Gasteiger partial charge in [-0.05, 0) is 65.5 Å². The molecule has 1 aliphatic rings. The Morgan fingerprint density at radius 2 is 1.55 bits per heavy atom. The van der Waals surface area contributed by atoms with Crippen LogP contribution in [0, 0.1) is 19.3 Å². The van der Waals surface area contributed by atoms with Crippen molar-refractivity contribution >= 4 is 29.8 Å². The van der Waals surface area contributed by atoms with E-state index < -0.39 is 7.92 Å². The van der Waals surface area contributed by atoms with Crippen molar-refractivity contribution in [1.82, 2.24) is 0 Å². The van der Waals surface area contributed by atoms with E-state index in [0.29, 0.717) is 5.75 Å². The normalized spacial score (nSPS) is 22.9. The van der Waals surface area contributed by atoms with Gasteiger partial charge in [0.2, 0.25) is 0 Å². The Bertz CT molecular complexity index is 1230. The van der Waals surface area contributed by atoms with Gasteiger partial charge in [-0.2, -0.15) is 0 Å². The average Bonchev–Trinajstić information content (AvgIpc) is 3.11. The number of aliphatic imine (C=N–C) groups is 1. The van der Waals surface area contributed by atoms with Crippen molar-refractivity contribution in [2.75, 3.05) is 6.16 Å². The number of aromatic hydroxyl groups is 1. The zero-order valence-corrected chi connectivity index (χ0v) is 22.3. The van der Waals surface area contributed by atoms with Gasteiger partial charge in [0.1, 0.15) is 5.75 Å². The van der Waals surface area contributed by atoms with E-state index >= 15 is 0 Å². The van der Waals surface area contributed by atoms with Crippen LogP contribution in [0.2, 0.25) is 0 Å². The van der Waals surface area contributed by atoms with Crippen LogP contribution < -0.4 is 0 Å². The van der Waals surface area contributed by atoms with E-state index in [4.69, 9.17) is 4.99 Å². The van der Waals surface area contributed by atoms with Crippen molar-refractivity contribution in [1.29, 1.82) is 0 Å². The molecule has 3 heteroatoms. The Labute approximate surface area is 200 Å². The molecule has 3 aromatic carbocycles. The average molecular weight is 460 g/mol. The van der Waals surface area contributed by atoms with Crippen LogP contribution in [0.15, 0.2) is 59.6 Å². The highest BCUT2D eigenvalue weighted by molar-refractivity contribution is 7.77. The lowest BCUT2D eigenvalue weighted by molar-refractivity contribution is 0.253. The first-order valence-corrected chi connectivity index (χ1v) is 13.5. The molecule has 0 bridgehead atoms. The summed E-state index contributed by atoms with van der Waals surface area (Å²) in [7, 11) is -0.485. The second kappa shape index (κ2) is 8.24. The van der Waals surface area contributed by atoms with Gasteiger partial charge in [0.05, 0.1) is 11.1 Å². The quantitative estimate of drug-likeness (QED) is 0.381. The standard InChI is InChI=1S/C30H38NOP/c1-20-17-21(2)26(32)25(18-20)30(28(3,4)5)15-16-33(29(6,7)8)27(30)31-24-14-13-22-11-9-10-12-23(22)19-24/h9-14,17-19,32H,15-16H2,1-8H3. The number of hydrogen-bond donors (Lipinski definition) is 1. The minimum absolute atomic E-state index is 0.0945. The molecule has 1 fully saturated rings. The van der Waals surface area contributed by atoms with Crippen LogP contribution in [0.4, 0.5) is 5.69 Å². The maximum absolute atomic E-state index is 11.4. The van der Waals surface area contributed by atoms with Crippen LogP contribution in [0.1, 0.15) is 64.7 Å². The predicted octanol–water partition coefficient (Wildman–Crippen LogP) is 8.86. The number of hydrogen-bond acceptors (Lipinski definition) is 2. The summed E-state index contributed by atoms with van der Waals surface area (Å²) in [6, 6.07) is 19.3. The number of nitrogens with zero attached hydrogens (tertiary/aromatic N) is 1. The van der Waals surface area contributed by atoms with Crippen molar-refractivity contribution in [3.63, 3.8) is 0 Å². The summed E-state index contributed by atoms with van der Waals surface area (Å²) < 4.78 is 0. The SMILES string of the molecule is Cc1cc(C)c(O)c(C2(C(C)(C)C)CCP(C(C)(C)C)C2=Nc2ccc3ccccc3c2)c1. The minimum Gasteiger partial charge on any atom is -0.507 e. The topological polar surface area (TPSA) is 32.6 Å². The molecule has 2 nitrogen and oxygen atoms in total. The third kappa shape index (κ3) is 4.12. The number of fused-ring (bicyclic) bond motifs is 1. The molecular weight excluding hydrogens is 421 g/mol. The van der Waals surface area contributed by atoms with E-state index in [0.717, 1.165) is 29.4 Å². The first kappa shape index (κ1) is 24.0. The molecular formula is C30H38NOP. The fourth-order valence-corrected chi connectivity index (χ4v) is 8.90. The molecule has 3 aromatic rings.